The molecule has 10 heteroatoms. The van der Waals surface area contributed by atoms with Crippen molar-refractivity contribution in [2.75, 3.05) is 23.7 Å². The van der Waals surface area contributed by atoms with E-state index >= 15 is 0 Å². The van der Waals surface area contributed by atoms with Crippen molar-refractivity contribution in [2.45, 2.75) is 64.1 Å². The van der Waals surface area contributed by atoms with E-state index in [1.807, 2.05) is 45.0 Å². The normalized spacial score (nSPS) is 16.4. The third-order valence-corrected chi connectivity index (χ3v) is 6.31. The fourth-order valence-electron chi connectivity index (χ4n) is 4.23. The van der Waals surface area contributed by atoms with Crippen LogP contribution in [-0.4, -0.2) is 62.6 Å². The lowest BCUT2D eigenvalue weighted by Crippen LogP contribution is -2.47. The number of anilines is 3. The van der Waals surface area contributed by atoms with Gasteiger partial charge in [0, 0.05) is 55.2 Å². The minimum absolute atomic E-state index is 0.0194. The molecular formula is C27H33N7O3. The van der Waals surface area contributed by atoms with Crippen LogP contribution in [0.1, 0.15) is 56.8 Å². The molecule has 2 fully saturated rings. The quantitative estimate of drug-likeness (QED) is 0.450. The molecule has 5 rings (SSSR count). The molecule has 2 amide bonds. The monoisotopic (exact) mass is 503 g/mol. The van der Waals surface area contributed by atoms with Gasteiger partial charge in [-0.15, -0.1) is 0 Å². The van der Waals surface area contributed by atoms with Crippen LogP contribution >= 0.6 is 0 Å². The van der Waals surface area contributed by atoms with Crippen molar-refractivity contribution in [2.24, 2.45) is 0 Å². The Labute approximate surface area is 216 Å². The first kappa shape index (κ1) is 24.7. The highest BCUT2D eigenvalue weighted by Crippen LogP contribution is 2.29. The van der Waals surface area contributed by atoms with Gasteiger partial charge in [-0.25, -0.2) is 14.8 Å². The Bertz CT molecular complexity index is 1290. The second kappa shape index (κ2) is 10.2. The number of carbonyl (C=O) groups excluding carboxylic acids is 2. The van der Waals surface area contributed by atoms with Crippen LogP contribution in [0.15, 0.2) is 42.9 Å². The van der Waals surface area contributed by atoms with E-state index in [0.717, 1.165) is 29.4 Å². The number of pyridine rings is 3. The second-order valence-electron chi connectivity index (χ2n) is 10.6. The Morgan fingerprint density at radius 3 is 2.51 bits per heavy atom. The van der Waals surface area contributed by atoms with Gasteiger partial charge in [0.1, 0.15) is 17.2 Å². The van der Waals surface area contributed by atoms with Crippen LogP contribution in [0, 0.1) is 0 Å². The van der Waals surface area contributed by atoms with E-state index in [9.17, 15) is 9.59 Å². The summed E-state index contributed by atoms with van der Waals surface area (Å²) in [6.07, 6.45) is 8.28. The first-order chi connectivity index (χ1) is 17.7. The topological polar surface area (TPSA) is 121 Å². The number of aromatic nitrogens is 3. The van der Waals surface area contributed by atoms with Crippen LogP contribution in [0.25, 0.3) is 10.9 Å². The van der Waals surface area contributed by atoms with Crippen molar-refractivity contribution in [3.63, 3.8) is 0 Å². The van der Waals surface area contributed by atoms with E-state index in [0.29, 0.717) is 49.2 Å². The molecule has 0 bridgehead atoms. The number of fused-ring (bicyclic) bond motifs is 1. The van der Waals surface area contributed by atoms with Gasteiger partial charge < -0.3 is 25.6 Å². The zero-order chi connectivity index (χ0) is 26.0. The van der Waals surface area contributed by atoms with Gasteiger partial charge in [-0.05, 0) is 64.7 Å². The predicted octanol–water partition coefficient (Wildman–Crippen LogP) is 4.47. The molecule has 1 saturated carbocycles. The smallest absolute Gasteiger partial charge is 0.410 e. The first-order valence-electron chi connectivity index (χ1n) is 12.8. The van der Waals surface area contributed by atoms with Crippen molar-refractivity contribution < 1.29 is 14.3 Å². The molecule has 0 spiro atoms. The third kappa shape index (κ3) is 6.44. The molecule has 3 aromatic rings. The number of hydrogen-bond acceptors (Lipinski definition) is 8. The largest absolute Gasteiger partial charge is 0.444 e. The van der Waals surface area contributed by atoms with Crippen molar-refractivity contribution in [1.29, 1.82) is 0 Å². The van der Waals surface area contributed by atoms with Crippen LogP contribution in [0.4, 0.5) is 22.1 Å². The number of piperidine rings is 1. The SMILES string of the molecule is CC(C)(C)OC(=O)N1CCC(NC(=O)c2cnc(Nc3ccc4cnccc4n3)cc2NC2CC2)CC1. The Balaban J connectivity index is 1.24. The molecule has 2 aliphatic rings. The van der Waals surface area contributed by atoms with Gasteiger partial charge in [0.05, 0.1) is 16.8 Å². The Hall–Kier alpha value is -3.95. The van der Waals surface area contributed by atoms with E-state index in [2.05, 4.69) is 30.9 Å². The van der Waals surface area contributed by atoms with Crippen molar-refractivity contribution in [3.8, 4) is 0 Å². The minimum Gasteiger partial charge on any atom is -0.444 e. The zero-order valence-electron chi connectivity index (χ0n) is 21.5. The standard InChI is InChI=1S/C27H33N7O3/c1-27(2,3)37-26(36)34-12-9-19(10-13-34)31-25(35)20-16-29-24(14-22(20)30-18-5-6-18)33-23-7-4-17-15-28-11-8-21(17)32-23/h4,7-8,11,14-16,18-19H,5-6,9-10,12-13H2,1-3H3,(H,31,35)(H2,29,30,32,33). The summed E-state index contributed by atoms with van der Waals surface area (Å²) in [5.74, 6) is 1.10. The van der Waals surface area contributed by atoms with E-state index in [1.165, 1.54) is 0 Å². The molecule has 0 radical (unpaired) electrons. The number of hydrogen-bond donors (Lipinski definition) is 3. The summed E-state index contributed by atoms with van der Waals surface area (Å²) < 4.78 is 5.47. The van der Waals surface area contributed by atoms with Crippen molar-refractivity contribution in [3.05, 3.63) is 48.4 Å². The highest BCUT2D eigenvalue weighted by atomic mass is 16.6. The minimum atomic E-state index is -0.525. The number of carbonyl (C=O) groups is 2. The lowest BCUT2D eigenvalue weighted by molar-refractivity contribution is 0.0199. The molecule has 3 aromatic heterocycles. The Morgan fingerprint density at radius 1 is 1.00 bits per heavy atom. The average Bonchev–Trinajstić information content (AvgIpc) is 3.67. The summed E-state index contributed by atoms with van der Waals surface area (Å²) in [7, 11) is 0. The van der Waals surface area contributed by atoms with Crippen LogP contribution in [0.3, 0.4) is 0 Å². The molecule has 1 saturated heterocycles. The molecule has 0 aromatic carbocycles. The van der Waals surface area contributed by atoms with Crippen molar-refractivity contribution in [1.82, 2.24) is 25.2 Å². The molecule has 37 heavy (non-hydrogen) atoms. The van der Waals surface area contributed by atoms with Gasteiger partial charge >= 0.3 is 6.09 Å². The lowest BCUT2D eigenvalue weighted by atomic mass is 10.0. The summed E-state index contributed by atoms with van der Waals surface area (Å²) in [5, 5.41) is 10.8. The Morgan fingerprint density at radius 2 is 1.78 bits per heavy atom. The van der Waals surface area contributed by atoms with Crippen molar-refractivity contribution >= 4 is 40.2 Å². The molecular weight excluding hydrogens is 470 g/mol. The van der Waals surface area contributed by atoms with Crippen LogP contribution in [-0.2, 0) is 4.74 Å². The number of likely N-dealkylation sites (tertiary alicyclic amines) is 1. The van der Waals surface area contributed by atoms with Gasteiger partial charge in [-0.3, -0.25) is 9.78 Å². The maximum Gasteiger partial charge on any atom is 0.410 e. The molecule has 1 aliphatic carbocycles. The molecule has 3 N–H and O–H groups in total. The molecule has 0 atom stereocenters. The first-order valence-corrected chi connectivity index (χ1v) is 12.8. The molecule has 1 aliphatic heterocycles. The maximum absolute atomic E-state index is 13.2. The van der Waals surface area contributed by atoms with E-state index in [4.69, 9.17) is 4.74 Å². The molecule has 4 heterocycles. The maximum atomic E-state index is 13.2. The zero-order valence-corrected chi connectivity index (χ0v) is 21.5. The fraction of sp³-hybridized carbons (Fsp3) is 0.444. The summed E-state index contributed by atoms with van der Waals surface area (Å²) in [5.41, 5.74) is 1.56. The third-order valence-electron chi connectivity index (χ3n) is 6.31. The average molecular weight is 504 g/mol. The molecule has 0 unspecified atom stereocenters. The van der Waals surface area contributed by atoms with Gasteiger partial charge in [-0.2, -0.15) is 0 Å². The summed E-state index contributed by atoms with van der Waals surface area (Å²) in [6.45, 7) is 6.66. The summed E-state index contributed by atoms with van der Waals surface area (Å²) in [6, 6.07) is 7.90. The van der Waals surface area contributed by atoms with Crippen LogP contribution in [0.2, 0.25) is 0 Å². The summed E-state index contributed by atoms with van der Waals surface area (Å²) in [4.78, 5) is 40.5. The molecule has 10 nitrogen and oxygen atoms in total. The van der Waals surface area contributed by atoms with E-state index < -0.39 is 5.60 Å². The van der Waals surface area contributed by atoms with Gasteiger partial charge in [0.2, 0.25) is 0 Å². The van der Waals surface area contributed by atoms with E-state index in [1.54, 1.807) is 23.5 Å². The number of ether oxygens (including phenoxy) is 1. The number of nitrogens with one attached hydrogen (secondary N) is 3. The van der Waals surface area contributed by atoms with Gasteiger partial charge in [0.25, 0.3) is 5.91 Å². The summed E-state index contributed by atoms with van der Waals surface area (Å²) >= 11 is 0. The second-order valence-corrected chi connectivity index (χ2v) is 10.6. The Kier molecular flexibility index (Phi) is 6.82. The number of amides is 2. The van der Waals surface area contributed by atoms with Crippen LogP contribution in [0.5, 0.6) is 0 Å². The highest BCUT2D eigenvalue weighted by Gasteiger charge is 2.29. The highest BCUT2D eigenvalue weighted by molar-refractivity contribution is 6.00. The lowest BCUT2D eigenvalue weighted by Gasteiger charge is -2.33. The molecule has 194 valence electrons. The van der Waals surface area contributed by atoms with Crippen LogP contribution < -0.4 is 16.0 Å². The van der Waals surface area contributed by atoms with Gasteiger partial charge in [-0.1, -0.05) is 0 Å². The number of nitrogens with zero attached hydrogens (tertiary/aromatic N) is 4. The van der Waals surface area contributed by atoms with E-state index in [-0.39, 0.29) is 18.0 Å². The fourth-order valence-corrected chi connectivity index (χ4v) is 4.23. The number of rotatable bonds is 6. The predicted molar refractivity (Wildman–Crippen MR) is 142 cm³/mol. The van der Waals surface area contributed by atoms with Gasteiger partial charge in [0.15, 0.2) is 0 Å².